The van der Waals surface area contributed by atoms with Crippen LogP contribution >= 0.6 is 0 Å². The molecule has 23 heavy (non-hydrogen) atoms. The van der Waals surface area contributed by atoms with Crippen molar-refractivity contribution < 1.29 is 55.8 Å². The van der Waals surface area contributed by atoms with Gasteiger partial charge in [0.25, 0.3) is 0 Å². The molecule has 0 spiro atoms. The zero-order valence-electron chi connectivity index (χ0n) is 14.7. The zero-order valence-corrected chi connectivity index (χ0v) is 18.4. The molecule has 1 aromatic rings. The van der Waals surface area contributed by atoms with Crippen LogP contribution in [0.4, 0.5) is 0 Å². The van der Waals surface area contributed by atoms with Gasteiger partial charge in [-0.3, -0.25) is 9.98 Å². The largest absolute Gasteiger partial charge is 1.00 e. The Morgan fingerprint density at radius 1 is 0.826 bits per heavy atom. The number of pyridine rings is 1. The Bertz CT molecular complexity index is 473. The second-order valence-corrected chi connectivity index (χ2v) is 5.53. The van der Waals surface area contributed by atoms with Crippen molar-refractivity contribution in [2.24, 2.45) is 9.98 Å². The summed E-state index contributed by atoms with van der Waals surface area (Å²) in [6.45, 7) is 14.4. The van der Waals surface area contributed by atoms with E-state index >= 15 is 0 Å². The molecule has 0 amide bonds. The minimum absolute atomic E-state index is 0. The first-order valence-electron chi connectivity index (χ1n) is 6.87. The molecule has 0 aromatic carbocycles. The fourth-order valence-corrected chi connectivity index (χ4v) is 1.94. The maximum atomic E-state index is 4.68. The molecule has 0 saturated carbocycles. The molecular weight excluding hydrogens is 391 g/mol. The van der Waals surface area contributed by atoms with Crippen LogP contribution in [0.15, 0.2) is 22.1 Å². The molecule has 3 nitrogen and oxygen atoms in total. The van der Waals surface area contributed by atoms with E-state index in [1.165, 1.54) is 5.56 Å². The fraction of sp³-hybridized carbons (Fsp3) is 0.562. The summed E-state index contributed by atoms with van der Waals surface area (Å²) in [5.41, 5.74) is 5.05. The van der Waals surface area contributed by atoms with E-state index in [0.717, 1.165) is 22.8 Å². The van der Waals surface area contributed by atoms with Crippen LogP contribution in [0.2, 0.25) is 0 Å². The van der Waals surface area contributed by atoms with Crippen LogP contribution in [0.1, 0.15) is 58.5 Å². The van der Waals surface area contributed by atoms with Crippen LogP contribution in [0.25, 0.3) is 0 Å². The van der Waals surface area contributed by atoms with Gasteiger partial charge < -0.3 is 37.2 Å². The molecular formula is C16H25Cl3N3V-3. The van der Waals surface area contributed by atoms with Gasteiger partial charge in [-0.2, -0.15) is 0 Å². The van der Waals surface area contributed by atoms with Gasteiger partial charge in [-0.15, -0.1) is 0 Å². The van der Waals surface area contributed by atoms with E-state index in [0.29, 0.717) is 0 Å². The average Bonchev–Trinajstić information content (AvgIpc) is 2.26. The summed E-state index contributed by atoms with van der Waals surface area (Å²) < 4.78 is 0. The van der Waals surface area contributed by atoms with Crippen LogP contribution < -0.4 is 37.2 Å². The summed E-state index contributed by atoms with van der Waals surface area (Å²) in [5, 5.41) is 0. The van der Waals surface area contributed by atoms with Crippen LogP contribution in [0.5, 0.6) is 0 Å². The molecule has 1 heterocycles. The standard InChI is InChI=1S/C16H25N3.3ClH.V/c1-10(2)17-13(6)15-8-12(5)9-16(19-15)14(7)18-11(3)4;;;;/h8-11H,1-7H3;3*1H;/p-3. The van der Waals surface area contributed by atoms with E-state index in [1.54, 1.807) is 0 Å². The van der Waals surface area contributed by atoms with Crippen molar-refractivity contribution in [2.75, 3.05) is 0 Å². The summed E-state index contributed by atoms with van der Waals surface area (Å²) in [5.74, 6) is 0. The number of nitrogens with zero attached hydrogens (tertiary/aromatic N) is 3. The number of aromatic nitrogens is 1. The van der Waals surface area contributed by atoms with Crippen molar-refractivity contribution in [2.45, 2.75) is 60.5 Å². The first-order valence-corrected chi connectivity index (χ1v) is 6.87. The predicted molar refractivity (Wildman–Crippen MR) is 83.7 cm³/mol. The quantitative estimate of drug-likeness (QED) is 0.453. The molecule has 0 saturated heterocycles. The summed E-state index contributed by atoms with van der Waals surface area (Å²) in [4.78, 5) is 13.8. The molecule has 133 valence electrons. The van der Waals surface area contributed by atoms with Crippen molar-refractivity contribution in [3.05, 3.63) is 29.1 Å². The Balaban J connectivity index is -0.000000451. The Kier molecular flexibility index (Phi) is 19.1. The Morgan fingerprint density at radius 3 is 1.39 bits per heavy atom. The third kappa shape index (κ3) is 11.2. The maximum absolute atomic E-state index is 4.68. The Morgan fingerprint density at radius 2 is 1.13 bits per heavy atom. The first kappa shape index (κ1) is 30.8. The number of aryl methyl sites for hydroxylation is 1. The molecule has 1 rings (SSSR count). The average molecular weight is 417 g/mol. The Labute approximate surface area is 171 Å². The van der Waals surface area contributed by atoms with Gasteiger partial charge in [-0.1, -0.05) is 0 Å². The SMILES string of the molecule is CC(=NC(C)C)c1cc(C)cc(C(C)=NC(C)C)n1.[Cl-].[Cl-].[Cl-].[V]. The number of halogens is 3. The predicted octanol–water partition coefficient (Wildman–Crippen LogP) is -5.17. The van der Waals surface area contributed by atoms with Crippen molar-refractivity contribution in [1.82, 2.24) is 4.98 Å². The second kappa shape index (κ2) is 14.3. The minimum Gasteiger partial charge on any atom is -1.00 e. The summed E-state index contributed by atoms with van der Waals surface area (Å²) >= 11 is 0. The molecule has 1 aromatic heterocycles. The maximum Gasteiger partial charge on any atom is 0.0847 e. The van der Waals surface area contributed by atoms with Crippen LogP contribution in [0.3, 0.4) is 0 Å². The molecule has 0 aliphatic rings. The van der Waals surface area contributed by atoms with Crippen LogP contribution in [-0.4, -0.2) is 28.5 Å². The number of rotatable bonds is 4. The van der Waals surface area contributed by atoms with Gasteiger partial charge in [0.1, 0.15) is 0 Å². The summed E-state index contributed by atoms with van der Waals surface area (Å²) in [6.07, 6.45) is 0. The van der Waals surface area contributed by atoms with Gasteiger partial charge in [0, 0.05) is 30.6 Å². The molecule has 1 radical (unpaired) electrons. The minimum atomic E-state index is 0. The zero-order chi connectivity index (χ0) is 14.6. The van der Waals surface area contributed by atoms with Gasteiger partial charge in [0.05, 0.1) is 22.8 Å². The fourth-order valence-electron chi connectivity index (χ4n) is 1.94. The van der Waals surface area contributed by atoms with Gasteiger partial charge in [0.15, 0.2) is 0 Å². The Hall–Kier alpha value is -0.0556. The van der Waals surface area contributed by atoms with E-state index in [9.17, 15) is 0 Å². The molecule has 0 unspecified atom stereocenters. The number of hydrogen-bond donors (Lipinski definition) is 0. The van der Waals surface area contributed by atoms with Crippen LogP contribution in [-0.2, 0) is 18.6 Å². The molecule has 0 aliphatic heterocycles. The molecule has 7 heteroatoms. The monoisotopic (exact) mass is 415 g/mol. The van der Waals surface area contributed by atoms with Gasteiger partial charge >= 0.3 is 0 Å². The molecule has 0 N–H and O–H groups in total. The first-order chi connectivity index (χ1) is 8.79. The number of hydrogen-bond acceptors (Lipinski definition) is 3. The van der Waals surface area contributed by atoms with E-state index in [4.69, 9.17) is 0 Å². The third-order valence-corrected chi connectivity index (χ3v) is 2.61. The molecule has 0 atom stereocenters. The van der Waals surface area contributed by atoms with Crippen molar-refractivity contribution >= 4 is 11.4 Å². The number of aliphatic imine (C=N–C) groups is 2. The normalized spacial score (nSPS) is 11.2. The van der Waals surface area contributed by atoms with Crippen molar-refractivity contribution in [3.8, 4) is 0 Å². The van der Waals surface area contributed by atoms with Crippen molar-refractivity contribution in [1.29, 1.82) is 0 Å². The van der Waals surface area contributed by atoms with Gasteiger partial charge in [-0.25, -0.2) is 4.98 Å². The summed E-state index contributed by atoms with van der Waals surface area (Å²) in [6, 6.07) is 4.73. The van der Waals surface area contributed by atoms with Crippen molar-refractivity contribution in [3.63, 3.8) is 0 Å². The van der Waals surface area contributed by atoms with E-state index < -0.39 is 0 Å². The van der Waals surface area contributed by atoms with E-state index in [2.05, 4.69) is 61.7 Å². The van der Waals surface area contributed by atoms with E-state index in [-0.39, 0.29) is 67.9 Å². The molecule has 0 bridgehead atoms. The molecule has 0 aliphatic carbocycles. The summed E-state index contributed by atoms with van der Waals surface area (Å²) in [7, 11) is 0. The van der Waals surface area contributed by atoms with Crippen LogP contribution in [0, 0.1) is 6.92 Å². The van der Waals surface area contributed by atoms with Gasteiger partial charge in [0.2, 0.25) is 0 Å². The third-order valence-electron chi connectivity index (χ3n) is 2.61. The second-order valence-electron chi connectivity index (χ2n) is 5.53. The topological polar surface area (TPSA) is 37.6 Å². The smallest absolute Gasteiger partial charge is 0.0847 e. The van der Waals surface area contributed by atoms with E-state index in [1.807, 2.05) is 13.8 Å². The molecule has 0 fully saturated rings. The van der Waals surface area contributed by atoms with Gasteiger partial charge in [-0.05, 0) is 66.2 Å².